The molecule has 0 radical (unpaired) electrons. The van der Waals surface area contributed by atoms with Gasteiger partial charge in [0.15, 0.2) is 0 Å². The fourth-order valence-corrected chi connectivity index (χ4v) is 2.48. The molecule has 0 aliphatic heterocycles. The van der Waals surface area contributed by atoms with Gasteiger partial charge in [0, 0.05) is 0 Å². The molecular weight excluding hydrogens is 290 g/mol. The van der Waals surface area contributed by atoms with E-state index in [1.165, 1.54) is 12.1 Å². The molecule has 0 aliphatic rings. The van der Waals surface area contributed by atoms with E-state index < -0.39 is 10.0 Å². The van der Waals surface area contributed by atoms with Gasteiger partial charge in [-0.25, -0.2) is 8.42 Å². The number of benzene rings is 2. The second-order valence-electron chi connectivity index (χ2n) is 4.54. The zero-order chi connectivity index (χ0) is 15.3. The number of nitrogens with one attached hydrogen (secondary N) is 1. The number of sulfonamides is 1. The minimum Gasteiger partial charge on any atom is -0.497 e. The highest BCUT2D eigenvalue weighted by molar-refractivity contribution is 7.89. The molecule has 5 nitrogen and oxygen atoms in total. The highest BCUT2D eigenvalue weighted by Gasteiger charge is 2.13. The summed E-state index contributed by atoms with van der Waals surface area (Å²) in [7, 11) is -2.07. The Bertz CT molecular complexity index is 679. The van der Waals surface area contributed by atoms with Crippen LogP contribution in [0.2, 0.25) is 0 Å². The third-order valence-electron chi connectivity index (χ3n) is 2.90. The quantitative estimate of drug-likeness (QED) is 0.832. The Morgan fingerprint density at radius 3 is 2.19 bits per heavy atom. The molecule has 0 aliphatic carbocycles. The van der Waals surface area contributed by atoms with E-state index in [1.807, 2.05) is 6.92 Å². The molecule has 6 heteroatoms. The highest BCUT2D eigenvalue weighted by atomic mass is 32.2. The van der Waals surface area contributed by atoms with Crippen LogP contribution >= 0.6 is 0 Å². The summed E-state index contributed by atoms with van der Waals surface area (Å²) in [6.45, 7) is 2.03. The number of aryl methyl sites for hydroxylation is 1. The van der Waals surface area contributed by atoms with E-state index in [-0.39, 0.29) is 11.5 Å². The molecular formula is C15H17NO4S. The third-order valence-corrected chi connectivity index (χ3v) is 4.13. The molecule has 0 amide bonds. The van der Waals surface area contributed by atoms with E-state index in [1.54, 1.807) is 43.5 Å². The molecule has 21 heavy (non-hydrogen) atoms. The Hall–Kier alpha value is -1.89. The molecule has 0 atom stereocenters. The molecule has 0 fully saturated rings. The van der Waals surface area contributed by atoms with Crippen molar-refractivity contribution in [2.45, 2.75) is 18.4 Å². The Labute approximate surface area is 124 Å². The van der Waals surface area contributed by atoms with Crippen LogP contribution in [0.1, 0.15) is 11.1 Å². The van der Waals surface area contributed by atoms with Gasteiger partial charge in [-0.1, -0.05) is 34.7 Å². The second-order valence-corrected chi connectivity index (χ2v) is 6.18. The second kappa shape index (κ2) is 6.71. The molecule has 0 saturated heterocycles. The van der Waals surface area contributed by atoms with Crippen LogP contribution in [0.3, 0.4) is 0 Å². The van der Waals surface area contributed by atoms with Crippen LogP contribution in [0.25, 0.3) is 0 Å². The van der Waals surface area contributed by atoms with Gasteiger partial charge in [-0.3, -0.25) is 4.84 Å². The summed E-state index contributed by atoms with van der Waals surface area (Å²) in [5.41, 5.74) is 1.83. The Morgan fingerprint density at radius 2 is 1.62 bits per heavy atom. The predicted octanol–water partition coefficient (Wildman–Crippen LogP) is 2.41. The highest BCUT2D eigenvalue weighted by Crippen LogP contribution is 2.13. The van der Waals surface area contributed by atoms with Crippen molar-refractivity contribution in [3.8, 4) is 5.75 Å². The topological polar surface area (TPSA) is 64.6 Å². The monoisotopic (exact) mass is 307 g/mol. The maximum absolute atomic E-state index is 12.0. The average Bonchev–Trinajstić information content (AvgIpc) is 2.48. The summed E-state index contributed by atoms with van der Waals surface area (Å²) < 4.78 is 29.0. The van der Waals surface area contributed by atoms with Crippen molar-refractivity contribution in [1.82, 2.24) is 4.89 Å². The normalized spacial score (nSPS) is 11.3. The fourth-order valence-electron chi connectivity index (χ4n) is 1.68. The summed E-state index contributed by atoms with van der Waals surface area (Å²) in [6, 6.07) is 13.7. The van der Waals surface area contributed by atoms with Gasteiger partial charge in [-0.05, 0) is 36.8 Å². The van der Waals surface area contributed by atoms with Crippen LogP contribution in [-0.4, -0.2) is 15.5 Å². The fraction of sp³-hybridized carbons (Fsp3) is 0.200. The van der Waals surface area contributed by atoms with Gasteiger partial charge < -0.3 is 4.74 Å². The SMILES string of the molecule is COc1ccc(CONS(=O)(=O)c2ccc(C)cc2)cc1. The van der Waals surface area contributed by atoms with Crippen molar-refractivity contribution >= 4 is 10.0 Å². The largest absolute Gasteiger partial charge is 0.497 e. The van der Waals surface area contributed by atoms with E-state index in [9.17, 15) is 8.42 Å². The number of hydrogen-bond acceptors (Lipinski definition) is 4. The van der Waals surface area contributed by atoms with Gasteiger partial charge >= 0.3 is 0 Å². The van der Waals surface area contributed by atoms with E-state index >= 15 is 0 Å². The lowest BCUT2D eigenvalue weighted by atomic mass is 10.2. The molecule has 2 aromatic rings. The average molecular weight is 307 g/mol. The third kappa shape index (κ3) is 4.29. The zero-order valence-electron chi connectivity index (χ0n) is 11.9. The molecule has 112 valence electrons. The lowest BCUT2D eigenvalue weighted by Crippen LogP contribution is -2.23. The van der Waals surface area contributed by atoms with E-state index in [0.29, 0.717) is 0 Å². The van der Waals surface area contributed by atoms with Crippen molar-refractivity contribution in [3.05, 3.63) is 59.7 Å². The van der Waals surface area contributed by atoms with Gasteiger partial charge in [0.1, 0.15) is 5.75 Å². The Morgan fingerprint density at radius 1 is 1.00 bits per heavy atom. The smallest absolute Gasteiger partial charge is 0.262 e. The van der Waals surface area contributed by atoms with Crippen molar-refractivity contribution < 1.29 is 18.0 Å². The molecule has 2 aromatic carbocycles. The van der Waals surface area contributed by atoms with Crippen molar-refractivity contribution in [1.29, 1.82) is 0 Å². The van der Waals surface area contributed by atoms with Crippen LogP contribution in [-0.2, 0) is 21.5 Å². The van der Waals surface area contributed by atoms with Gasteiger partial charge in [-0.15, -0.1) is 0 Å². The lowest BCUT2D eigenvalue weighted by Gasteiger charge is -2.08. The Balaban J connectivity index is 1.93. The van der Waals surface area contributed by atoms with Crippen molar-refractivity contribution in [2.24, 2.45) is 0 Å². The first-order valence-electron chi connectivity index (χ1n) is 6.34. The number of ether oxygens (including phenoxy) is 1. The summed E-state index contributed by atoms with van der Waals surface area (Å²) in [5, 5.41) is 0. The molecule has 0 saturated carbocycles. The molecule has 0 unspecified atom stereocenters. The first kappa shape index (κ1) is 15.5. The maximum atomic E-state index is 12.0. The van der Waals surface area contributed by atoms with E-state index in [2.05, 4.69) is 4.89 Å². The minimum atomic E-state index is -3.66. The van der Waals surface area contributed by atoms with Crippen LogP contribution in [0.15, 0.2) is 53.4 Å². The molecule has 0 bridgehead atoms. The summed E-state index contributed by atoms with van der Waals surface area (Å²) in [4.78, 5) is 7.35. The maximum Gasteiger partial charge on any atom is 0.262 e. The van der Waals surface area contributed by atoms with Crippen LogP contribution < -0.4 is 9.62 Å². The number of methoxy groups -OCH3 is 1. The van der Waals surface area contributed by atoms with Gasteiger partial charge in [0.05, 0.1) is 18.6 Å². The summed E-state index contributed by atoms with van der Waals surface area (Å²) in [5.74, 6) is 0.735. The number of hydrogen-bond donors (Lipinski definition) is 1. The molecule has 1 N–H and O–H groups in total. The molecule has 0 heterocycles. The zero-order valence-corrected chi connectivity index (χ0v) is 12.7. The number of rotatable bonds is 6. The summed E-state index contributed by atoms with van der Waals surface area (Å²) in [6.07, 6.45) is 0. The van der Waals surface area contributed by atoms with Gasteiger partial charge in [-0.2, -0.15) is 0 Å². The summed E-state index contributed by atoms with van der Waals surface area (Å²) >= 11 is 0. The minimum absolute atomic E-state index is 0.134. The molecule has 2 rings (SSSR count). The van der Waals surface area contributed by atoms with Crippen molar-refractivity contribution in [2.75, 3.05) is 7.11 Å². The first-order valence-corrected chi connectivity index (χ1v) is 7.83. The Kier molecular flexibility index (Phi) is 4.95. The van der Waals surface area contributed by atoms with Gasteiger partial charge in [0.25, 0.3) is 10.0 Å². The van der Waals surface area contributed by atoms with Crippen LogP contribution in [0.5, 0.6) is 5.75 Å². The van der Waals surface area contributed by atoms with Crippen molar-refractivity contribution in [3.63, 3.8) is 0 Å². The molecule has 0 spiro atoms. The molecule has 0 aromatic heterocycles. The van der Waals surface area contributed by atoms with Gasteiger partial charge in [0.2, 0.25) is 0 Å². The van der Waals surface area contributed by atoms with E-state index in [0.717, 1.165) is 16.9 Å². The predicted molar refractivity (Wildman–Crippen MR) is 79.3 cm³/mol. The van der Waals surface area contributed by atoms with Crippen LogP contribution in [0, 0.1) is 6.92 Å². The van der Waals surface area contributed by atoms with Crippen LogP contribution in [0.4, 0.5) is 0 Å². The standard InChI is InChI=1S/C15H17NO4S/c1-12-3-9-15(10-4-12)21(17,18)16-20-11-13-5-7-14(19-2)8-6-13/h3-10,16H,11H2,1-2H3. The van der Waals surface area contributed by atoms with E-state index in [4.69, 9.17) is 9.57 Å². The first-order chi connectivity index (χ1) is 10.0. The lowest BCUT2D eigenvalue weighted by molar-refractivity contribution is 0.0795.